The first kappa shape index (κ1) is 29.0. The monoisotopic (exact) mass is 613 g/mol. The van der Waals surface area contributed by atoms with E-state index < -0.39 is 38.1 Å². The number of benzene rings is 3. The number of rotatable bonds is 9. The van der Waals surface area contributed by atoms with Crippen LogP contribution in [0.3, 0.4) is 0 Å². The fourth-order valence-electron chi connectivity index (χ4n) is 3.32. The molecule has 0 fully saturated rings. The third-order valence-electron chi connectivity index (χ3n) is 4.89. The number of anilines is 3. The molecule has 40 heavy (non-hydrogen) atoms. The standard InChI is InChI=1S/C21H14ClF2N7O7S2/c22-17-18(23)28-20(24)29-19(17)26-10-3-4-14(15(7-10)27-21(25)32)31-30-11-2-1-9-5-12(39-38-37-33)8-16(13(9)6-11)40(34,35)36/h1-8,33H,(H3,25,27,32)(H,26,28,29)(H,34,35,36)/b31-30+. The van der Waals surface area contributed by atoms with Gasteiger partial charge in [-0.05, 0) is 47.9 Å². The van der Waals surface area contributed by atoms with Gasteiger partial charge in [0.1, 0.15) is 15.6 Å². The van der Waals surface area contributed by atoms with Gasteiger partial charge in [0, 0.05) is 16.0 Å². The zero-order valence-corrected chi connectivity index (χ0v) is 21.8. The molecule has 1 heterocycles. The van der Waals surface area contributed by atoms with E-state index in [9.17, 15) is 26.5 Å². The molecule has 0 aliphatic carbocycles. The fourth-order valence-corrected chi connectivity index (χ4v) is 4.71. The summed E-state index contributed by atoms with van der Waals surface area (Å²) >= 11 is 6.27. The van der Waals surface area contributed by atoms with Gasteiger partial charge in [-0.1, -0.05) is 22.7 Å². The molecule has 2 amide bonds. The quantitative estimate of drug-likeness (QED) is 0.0286. The molecule has 3 aromatic carbocycles. The number of halogens is 3. The van der Waals surface area contributed by atoms with Crippen LogP contribution in [0.4, 0.5) is 42.1 Å². The highest BCUT2D eigenvalue weighted by molar-refractivity contribution is 7.94. The maximum absolute atomic E-state index is 13.6. The Morgan fingerprint density at radius 1 is 1.10 bits per heavy atom. The molecule has 0 aliphatic rings. The highest BCUT2D eigenvalue weighted by atomic mass is 35.5. The highest BCUT2D eigenvalue weighted by Crippen LogP contribution is 2.35. The number of nitrogens with zero attached hydrogens (tertiary/aromatic N) is 4. The number of amides is 2. The van der Waals surface area contributed by atoms with E-state index in [1.54, 1.807) is 0 Å². The normalized spacial score (nSPS) is 11.7. The molecule has 0 bridgehead atoms. The van der Waals surface area contributed by atoms with E-state index in [0.717, 1.165) is 6.07 Å². The van der Waals surface area contributed by atoms with E-state index in [4.69, 9.17) is 22.6 Å². The summed E-state index contributed by atoms with van der Waals surface area (Å²) in [5.41, 5.74) is 5.67. The van der Waals surface area contributed by atoms with Crippen molar-refractivity contribution in [1.82, 2.24) is 9.97 Å². The lowest BCUT2D eigenvalue weighted by molar-refractivity contribution is -0.432. The third-order valence-corrected chi connectivity index (χ3v) is 6.67. The van der Waals surface area contributed by atoms with Crippen LogP contribution >= 0.6 is 23.6 Å². The number of carbonyl (C=O) groups is 1. The summed E-state index contributed by atoms with van der Waals surface area (Å²) in [7, 11) is -4.70. The summed E-state index contributed by atoms with van der Waals surface area (Å²) in [6, 6.07) is 10.0. The van der Waals surface area contributed by atoms with E-state index in [0.29, 0.717) is 17.4 Å². The molecular formula is C21H14ClF2N7O7S2. The third kappa shape index (κ3) is 6.93. The summed E-state index contributed by atoms with van der Waals surface area (Å²) in [5.74, 6) is -1.67. The molecule has 4 rings (SSSR count). The molecule has 0 saturated heterocycles. The summed E-state index contributed by atoms with van der Waals surface area (Å²) in [6.07, 6.45) is -1.36. The average Bonchev–Trinajstić information content (AvgIpc) is 2.88. The van der Waals surface area contributed by atoms with Gasteiger partial charge < -0.3 is 16.4 Å². The first-order valence-electron chi connectivity index (χ1n) is 10.4. The van der Waals surface area contributed by atoms with Crippen LogP contribution in [0.2, 0.25) is 5.02 Å². The second-order valence-electron chi connectivity index (χ2n) is 7.52. The number of primary amides is 1. The van der Waals surface area contributed by atoms with Crippen molar-refractivity contribution in [3.63, 3.8) is 0 Å². The maximum atomic E-state index is 13.6. The van der Waals surface area contributed by atoms with E-state index >= 15 is 0 Å². The van der Waals surface area contributed by atoms with Gasteiger partial charge in [0.15, 0.2) is 5.82 Å². The smallest absolute Gasteiger partial charge is 0.316 e. The number of carbonyl (C=O) groups excluding carboxylic acids is 1. The number of hydrogen-bond donors (Lipinski definition) is 5. The number of azo groups is 1. The van der Waals surface area contributed by atoms with Crippen LogP contribution < -0.4 is 16.4 Å². The lowest BCUT2D eigenvalue weighted by atomic mass is 10.1. The van der Waals surface area contributed by atoms with Crippen molar-refractivity contribution < 1.29 is 41.2 Å². The van der Waals surface area contributed by atoms with Gasteiger partial charge in [-0.25, -0.2) is 10.1 Å². The molecular weight excluding hydrogens is 600 g/mol. The highest BCUT2D eigenvalue weighted by Gasteiger charge is 2.18. The second-order valence-corrected chi connectivity index (χ2v) is 10.1. The van der Waals surface area contributed by atoms with Gasteiger partial charge in [-0.2, -0.15) is 32.3 Å². The van der Waals surface area contributed by atoms with Crippen LogP contribution in [0.15, 0.2) is 68.6 Å². The molecule has 4 aromatic rings. The average molecular weight is 614 g/mol. The van der Waals surface area contributed by atoms with Crippen molar-refractivity contribution >= 4 is 79.1 Å². The van der Waals surface area contributed by atoms with Crippen molar-refractivity contribution in [2.75, 3.05) is 10.6 Å². The Hall–Kier alpha value is -4.04. The summed E-state index contributed by atoms with van der Waals surface area (Å²) in [4.78, 5) is 17.5. The van der Waals surface area contributed by atoms with Crippen molar-refractivity contribution in [2.45, 2.75) is 9.79 Å². The fraction of sp³-hybridized carbons (Fsp3) is 0. The summed E-state index contributed by atoms with van der Waals surface area (Å²) in [5, 5.41) is 24.7. The van der Waals surface area contributed by atoms with E-state index in [1.807, 2.05) is 0 Å². The van der Waals surface area contributed by atoms with Crippen LogP contribution in [0.1, 0.15) is 0 Å². The summed E-state index contributed by atoms with van der Waals surface area (Å²) < 4.78 is 65.1. The van der Waals surface area contributed by atoms with Gasteiger partial charge in [0.25, 0.3) is 10.1 Å². The van der Waals surface area contributed by atoms with Crippen molar-refractivity contribution in [2.24, 2.45) is 16.0 Å². The molecule has 6 N–H and O–H groups in total. The number of aromatic nitrogens is 2. The topological polar surface area (TPSA) is 211 Å². The molecule has 0 aliphatic heterocycles. The number of urea groups is 1. The molecule has 14 nitrogen and oxygen atoms in total. The van der Waals surface area contributed by atoms with Gasteiger partial charge in [-0.15, -0.1) is 9.45 Å². The lowest BCUT2D eigenvalue weighted by Gasteiger charge is -2.11. The Balaban J connectivity index is 1.69. The largest absolute Gasteiger partial charge is 0.351 e. The van der Waals surface area contributed by atoms with Gasteiger partial charge in [0.05, 0.1) is 23.4 Å². The van der Waals surface area contributed by atoms with Crippen LogP contribution in [0, 0.1) is 12.0 Å². The zero-order valence-electron chi connectivity index (χ0n) is 19.4. The Morgan fingerprint density at radius 3 is 2.58 bits per heavy atom. The number of hydrogen-bond acceptors (Lipinski definition) is 12. The molecule has 0 radical (unpaired) electrons. The minimum absolute atomic E-state index is 0.0274. The number of nitrogens with one attached hydrogen (secondary N) is 2. The molecule has 1 aromatic heterocycles. The van der Waals surface area contributed by atoms with E-state index in [1.165, 1.54) is 42.5 Å². The van der Waals surface area contributed by atoms with E-state index in [-0.39, 0.29) is 38.8 Å². The van der Waals surface area contributed by atoms with Crippen LogP contribution in [0.5, 0.6) is 0 Å². The number of nitrogens with two attached hydrogens (primary N) is 1. The zero-order chi connectivity index (χ0) is 29.0. The second kappa shape index (κ2) is 12.0. The van der Waals surface area contributed by atoms with Crippen LogP contribution in [-0.2, 0) is 19.5 Å². The first-order chi connectivity index (χ1) is 18.9. The molecule has 0 spiro atoms. The predicted octanol–water partition coefficient (Wildman–Crippen LogP) is 5.89. The van der Waals surface area contributed by atoms with Crippen molar-refractivity contribution in [3.8, 4) is 0 Å². The maximum Gasteiger partial charge on any atom is 0.316 e. The minimum atomic E-state index is -4.70. The molecule has 0 saturated carbocycles. The molecule has 0 atom stereocenters. The van der Waals surface area contributed by atoms with Gasteiger partial charge in [-0.3, -0.25) is 4.55 Å². The van der Waals surface area contributed by atoms with Gasteiger partial charge >= 0.3 is 12.1 Å². The van der Waals surface area contributed by atoms with Gasteiger partial charge in [0.2, 0.25) is 5.95 Å². The van der Waals surface area contributed by atoms with E-state index in [2.05, 4.69) is 40.2 Å². The Kier molecular flexibility index (Phi) is 8.69. The minimum Gasteiger partial charge on any atom is -0.351 e. The van der Waals surface area contributed by atoms with Crippen molar-refractivity contribution in [3.05, 3.63) is 65.6 Å². The Labute approximate surface area is 232 Å². The SMILES string of the molecule is NC(=O)Nc1cc(Nc2nc(F)nc(F)c2Cl)ccc1/N=N/c1ccc2cc(SOOO)cc(S(=O)(=O)O)c2c1. The van der Waals surface area contributed by atoms with Crippen molar-refractivity contribution in [1.29, 1.82) is 0 Å². The predicted molar refractivity (Wildman–Crippen MR) is 138 cm³/mol. The molecule has 19 heteroatoms. The first-order valence-corrected chi connectivity index (χ1v) is 13.0. The molecule has 0 unspecified atom stereocenters. The summed E-state index contributed by atoms with van der Waals surface area (Å²) in [6.45, 7) is 0. The lowest BCUT2D eigenvalue weighted by Crippen LogP contribution is -2.19. The van der Waals surface area contributed by atoms with Crippen LogP contribution in [0.25, 0.3) is 10.8 Å². The van der Waals surface area contributed by atoms with Crippen LogP contribution in [-0.4, -0.2) is 34.2 Å². The Morgan fingerprint density at radius 2 is 1.88 bits per heavy atom. The Bertz CT molecular complexity index is 1760. The molecule has 208 valence electrons. The number of fused-ring (bicyclic) bond motifs is 1.